The largest absolute Gasteiger partial charge is 0.353 e. The van der Waals surface area contributed by atoms with Gasteiger partial charge in [-0.05, 0) is 37.8 Å². The third-order valence-corrected chi connectivity index (χ3v) is 6.72. The van der Waals surface area contributed by atoms with E-state index in [1.165, 1.54) is 31.0 Å². The molecule has 0 spiro atoms. The maximum atomic E-state index is 13.1. The second kappa shape index (κ2) is 8.46. The van der Waals surface area contributed by atoms with Crippen molar-refractivity contribution in [2.45, 2.75) is 75.0 Å². The maximum absolute atomic E-state index is 13.1. The molecular formula is C21H27N3O2S. The first-order valence-corrected chi connectivity index (χ1v) is 11.1. The lowest BCUT2D eigenvalue weighted by molar-refractivity contribution is -0.119. The fourth-order valence-corrected chi connectivity index (χ4v) is 5.24. The SMILES string of the molecule is O=C(CSc1nc2ccccc2c(=O)n1C1CCCC1)NC1CCCCC1. The van der Waals surface area contributed by atoms with Crippen LogP contribution in [0.5, 0.6) is 0 Å². The number of carbonyl (C=O) groups is 1. The van der Waals surface area contributed by atoms with Gasteiger partial charge in [0.25, 0.3) is 5.56 Å². The van der Waals surface area contributed by atoms with Crippen LogP contribution in [0.3, 0.4) is 0 Å². The van der Waals surface area contributed by atoms with Gasteiger partial charge in [-0.3, -0.25) is 14.2 Å². The van der Waals surface area contributed by atoms with Crippen LogP contribution in [-0.2, 0) is 4.79 Å². The first-order chi connectivity index (χ1) is 13.2. The van der Waals surface area contributed by atoms with E-state index in [0.717, 1.165) is 38.5 Å². The summed E-state index contributed by atoms with van der Waals surface area (Å²) in [5.41, 5.74) is 0.745. The number of amides is 1. The fraction of sp³-hybridized carbons (Fsp3) is 0.571. The number of carbonyl (C=O) groups excluding carboxylic acids is 1. The van der Waals surface area contributed by atoms with E-state index in [1.807, 2.05) is 28.8 Å². The number of aromatic nitrogens is 2. The molecule has 0 bridgehead atoms. The summed E-state index contributed by atoms with van der Waals surface area (Å²) in [6.45, 7) is 0. The number of thioether (sulfide) groups is 1. The molecule has 0 radical (unpaired) electrons. The smallest absolute Gasteiger partial charge is 0.262 e. The van der Waals surface area contributed by atoms with Gasteiger partial charge in [0.15, 0.2) is 5.16 Å². The molecule has 144 valence electrons. The van der Waals surface area contributed by atoms with Crippen molar-refractivity contribution in [1.29, 1.82) is 0 Å². The maximum Gasteiger partial charge on any atom is 0.262 e. The van der Waals surface area contributed by atoms with E-state index < -0.39 is 0 Å². The molecule has 4 rings (SSSR count). The highest BCUT2D eigenvalue weighted by molar-refractivity contribution is 7.99. The molecule has 2 saturated carbocycles. The van der Waals surface area contributed by atoms with E-state index in [-0.39, 0.29) is 17.5 Å². The Morgan fingerprint density at radius 2 is 1.78 bits per heavy atom. The first kappa shape index (κ1) is 18.5. The number of nitrogens with one attached hydrogen (secondary N) is 1. The number of rotatable bonds is 5. The predicted molar refractivity (Wildman–Crippen MR) is 109 cm³/mol. The van der Waals surface area contributed by atoms with Gasteiger partial charge >= 0.3 is 0 Å². The third-order valence-electron chi connectivity index (χ3n) is 5.77. The molecule has 6 heteroatoms. The van der Waals surface area contributed by atoms with E-state index in [2.05, 4.69) is 5.32 Å². The van der Waals surface area contributed by atoms with E-state index >= 15 is 0 Å². The monoisotopic (exact) mass is 385 g/mol. The second-order valence-corrected chi connectivity index (χ2v) is 8.66. The van der Waals surface area contributed by atoms with Crippen LogP contribution in [0.15, 0.2) is 34.2 Å². The van der Waals surface area contributed by atoms with Gasteiger partial charge in [0.1, 0.15) is 0 Å². The topological polar surface area (TPSA) is 64.0 Å². The number of fused-ring (bicyclic) bond motifs is 1. The van der Waals surface area contributed by atoms with Crippen LogP contribution >= 0.6 is 11.8 Å². The van der Waals surface area contributed by atoms with Crippen molar-refractivity contribution in [3.05, 3.63) is 34.6 Å². The predicted octanol–water partition coefficient (Wildman–Crippen LogP) is 4.05. The van der Waals surface area contributed by atoms with E-state index in [9.17, 15) is 9.59 Å². The quantitative estimate of drug-likeness (QED) is 0.623. The van der Waals surface area contributed by atoms with Gasteiger partial charge in [0.2, 0.25) is 5.91 Å². The summed E-state index contributed by atoms with van der Waals surface area (Å²) in [4.78, 5) is 30.3. The number of para-hydroxylation sites is 1. The minimum Gasteiger partial charge on any atom is -0.353 e. The van der Waals surface area contributed by atoms with E-state index in [0.29, 0.717) is 27.9 Å². The Morgan fingerprint density at radius 1 is 1.07 bits per heavy atom. The average molecular weight is 386 g/mol. The molecule has 0 aliphatic heterocycles. The number of benzene rings is 1. The lowest BCUT2D eigenvalue weighted by Crippen LogP contribution is -2.37. The summed E-state index contributed by atoms with van der Waals surface area (Å²) in [7, 11) is 0. The zero-order valence-electron chi connectivity index (χ0n) is 15.7. The lowest BCUT2D eigenvalue weighted by Gasteiger charge is -2.23. The van der Waals surface area contributed by atoms with Gasteiger partial charge in [-0.1, -0.05) is 56.0 Å². The molecule has 5 nitrogen and oxygen atoms in total. The highest BCUT2D eigenvalue weighted by Crippen LogP contribution is 2.32. The van der Waals surface area contributed by atoms with Crippen LogP contribution in [0.2, 0.25) is 0 Å². The van der Waals surface area contributed by atoms with Crippen molar-refractivity contribution in [2.75, 3.05) is 5.75 Å². The Morgan fingerprint density at radius 3 is 2.56 bits per heavy atom. The molecule has 2 fully saturated rings. The minimum absolute atomic E-state index is 0.0303. The molecule has 2 aromatic rings. The molecule has 0 unspecified atom stereocenters. The number of hydrogen-bond donors (Lipinski definition) is 1. The molecule has 1 aromatic heterocycles. The van der Waals surface area contributed by atoms with Crippen molar-refractivity contribution in [1.82, 2.24) is 14.9 Å². The summed E-state index contributed by atoms with van der Waals surface area (Å²) < 4.78 is 1.86. The zero-order chi connectivity index (χ0) is 18.6. The van der Waals surface area contributed by atoms with Crippen molar-refractivity contribution >= 4 is 28.6 Å². The molecule has 0 atom stereocenters. The number of hydrogen-bond acceptors (Lipinski definition) is 4. The molecule has 1 amide bonds. The van der Waals surface area contributed by atoms with Gasteiger partial charge in [0, 0.05) is 12.1 Å². The highest BCUT2D eigenvalue weighted by Gasteiger charge is 2.24. The first-order valence-electron chi connectivity index (χ1n) is 10.2. The normalized spacial score (nSPS) is 18.8. The average Bonchev–Trinajstić information content (AvgIpc) is 3.21. The van der Waals surface area contributed by atoms with Crippen molar-refractivity contribution in [3.63, 3.8) is 0 Å². The van der Waals surface area contributed by atoms with Crippen molar-refractivity contribution < 1.29 is 4.79 Å². The van der Waals surface area contributed by atoms with Crippen molar-refractivity contribution in [2.24, 2.45) is 0 Å². The fourth-order valence-electron chi connectivity index (χ4n) is 4.36. The summed E-state index contributed by atoms with van der Waals surface area (Å²) in [5.74, 6) is 0.362. The molecular weight excluding hydrogens is 358 g/mol. The Hall–Kier alpha value is -1.82. The highest BCUT2D eigenvalue weighted by atomic mass is 32.2. The summed E-state index contributed by atoms with van der Waals surface area (Å²) in [5, 5.41) is 4.51. The third kappa shape index (κ3) is 4.21. The molecule has 2 aliphatic rings. The van der Waals surface area contributed by atoms with Crippen LogP contribution in [-0.4, -0.2) is 27.3 Å². The van der Waals surface area contributed by atoms with E-state index in [4.69, 9.17) is 4.98 Å². The van der Waals surface area contributed by atoms with Crippen LogP contribution in [0, 0.1) is 0 Å². The lowest BCUT2D eigenvalue weighted by atomic mass is 9.95. The molecule has 1 N–H and O–H groups in total. The Balaban J connectivity index is 1.55. The van der Waals surface area contributed by atoms with Gasteiger partial charge in [-0.15, -0.1) is 0 Å². The minimum atomic E-state index is 0.0303. The standard InChI is InChI=1S/C21H27N3O2S/c25-19(22-15-8-2-1-3-9-15)14-27-21-23-18-13-7-6-12-17(18)20(26)24(21)16-10-4-5-11-16/h6-7,12-13,15-16H,1-5,8-11,14H2,(H,22,25). The zero-order valence-corrected chi connectivity index (χ0v) is 16.5. The Kier molecular flexibility index (Phi) is 5.81. The van der Waals surface area contributed by atoms with Crippen LogP contribution in [0.1, 0.15) is 63.8 Å². The van der Waals surface area contributed by atoms with Gasteiger partial charge < -0.3 is 5.32 Å². The molecule has 0 saturated heterocycles. The van der Waals surface area contributed by atoms with Crippen molar-refractivity contribution in [3.8, 4) is 0 Å². The van der Waals surface area contributed by atoms with Gasteiger partial charge in [-0.25, -0.2) is 4.98 Å². The number of nitrogens with zero attached hydrogens (tertiary/aromatic N) is 2. The van der Waals surface area contributed by atoms with Gasteiger partial charge in [-0.2, -0.15) is 0 Å². The molecule has 2 aliphatic carbocycles. The van der Waals surface area contributed by atoms with E-state index in [1.54, 1.807) is 0 Å². The van der Waals surface area contributed by atoms with Crippen LogP contribution in [0.4, 0.5) is 0 Å². The summed E-state index contributed by atoms with van der Waals surface area (Å²) >= 11 is 1.40. The molecule has 1 heterocycles. The summed E-state index contributed by atoms with van der Waals surface area (Å²) in [6.07, 6.45) is 10.2. The molecule has 27 heavy (non-hydrogen) atoms. The van der Waals surface area contributed by atoms with Crippen LogP contribution < -0.4 is 10.9 Å². The van der Waals surface area contributed by atoms with Gasteiger partial charge in [0.05, 0.1) is 16.7 Å². The second-order valence-electron chi connectivity index (χ2n) is 7.72. The van der Waals surface area contributed by atoms with Crippen LogP contribution in [0.25, 0.3) is 10.9 Å². The summed E-state index contributed by atoms with van der Waals surface area (Å²) in [6, 6.07) is 8.03. The Labute approximate surface area is 163 Å². The molecule has 1 aromatic carbocycles. The Bertz CT molecular complexity index is 867.